The van der Waals surface area contributed by atoms with Crippen LogP contribution in [-0.4, -0.2) is 49.6 Å². The average Bonchev–Trinajstić information content (AvgIpc) is 2.86. The minimum atomic E-state index is -0.280. The van der Waals surface area contributed by atoms with Crippen LogP contribution in [0, 0.1) is 0 Å². The van der Waals surface area contributed by atoms with Gasteiger partial charge < -0.3 is 18.9 Å². The van der Waals surface area contributed by atoms with Gasteiger partial charge in [0.05, 0.1) is 26.4 Å². The first kappa shape index (κ1) is 68.0. The van der Waals surface area contributed by atoms with Crippen molar-refractivity contribution in [3.8, 4) is 23.0 Å². The second-order valence-corrected chi connectivity index (χ2v) is 25.3. The zero-order chi connectivity index (χ0) is 60.6. The smallest absolute Gasteiger partial charge is 0.187 e. The van der Waals surface area contributed by atoms with Crippen LogP contribution in [0.25, 0.3) is 43.1 Å². The summed E-state index contributed by atoms with van der Waals surface area (Å²) < 4.78 is 27.8. The van der Waals surface area contributed by atoms with E-state index in [0.29, 0.717) is 104 Å². The molecule has 5 aromatic carbocycles. The molecule has 5 aromatic rings. The first-order chi connectivity index (χ1) is 42.3. The van der Waals surface area contributed by atoms with Gasteiger partial charge in [-0.15, -0.1) is 0 Å². The van der Waals surface area contributed by atoms with Crippen LogP contribution >= 0.6 is 0 Å². The molecule has 0 N–H and O–H groups in total. The second-order valence-electron chi connectivity index (χ2n) is 25.3. The highest BCUT2D eigenvalue weighted by molar-refractivity contribution is 6.40. The molecule has 0 saturated carbocycles. The minimum absolute atomic E-state index is 0.267. The maximum absolute atomic E-state index is 14.7. The van der Waals surface area contributed by atoms with E-state index in [4.69, 9.17) is 18.9 Å². The summed E-state index contributed by atoms with van der Waals surface area (Å²) in [4.78, 5) is 57.9. The molecule has 0 heterocycles. The van der Waals surface area contributed by atoms with E-state index in [1.54, 1.807) is 12.1 Å². The lowest BCUT2D eigenvalue weighted by Gasteiger charge is -2.25. The van der Waals surface area contributed by atoms with Gasteiger partial charge in [0.15, 0.2) is 34.6 Å². The molecule has 0 aliphatic heterocycles. The molecule has 2 aliphatic rings. The van der Waals surface area contributed by atoms with E-state index < -0.39 is 0 Å². The highest BCUT2D eigenvalue weighted by Crippen LogP contribution is 2.53. The molecule has 86 heavy (non-hydrogen) atoms. The summed E-state index contributed by atoms with van der Waals surface area (Å²) in [5, 5.41) is 5.27. The summed E-state index contributed by atoms with van der Waals surface area (Å²) in [6.45, 7) is 10.9. The van der Waals surface area contributed by atoms with Crippen molar-refractivity contribution in [2.75, 3.05) is 26.4 Å². The fraction of sp³-hybridized carbons (Fsp3) is 0.615. The molecule has 8 heteroatoms. The van der Waals surface area contributed by atoms with Crippen LogP contribution in [0.5, 0.6) is 23.0 Å². The molecule has 0 fully saturated rings. The Morgan fingerprint density at radius 2 is 0.488 bits per heavy atom. The Morgan fingerprint density at radius 3 is 0.767 bits per heavy atom. The van der Waals surface area contributed by atoms with Crippen LogP contribution in [0.2, 0.25) is 0 Å². The van der Waals surface area contributed by atoms with Gasteiger partial charge in [-0.2, -0.15) is 0 Å². The Kier molecular flexibility index (Phi) is 30.6. The summed E-state index contributed by atoms with van der Waals surface area (Å²) in [7, 11) is 0. The van der Waals surface area contributed by atoms with E-state index in [9.17, 15) is 19.2 Å². The highest BCUT2D eigenvalue weighted by atomic mass is 16.5. The Bertz CT molecular complexity index is 2790. The normalized spacial score (nSPS) is 13.1. The van der Waals surface area contributed by atoms with Crippen molar-refractivity contribution in [3.63, 3.8) is 0 Å². The van der Waals surface area contributed by atoms with E-state index in [1.807, 2.05) is 12.1 Å². The van der Waals surface area contributed by atoms with Crippen molar-refractivity contribution in [1.29, 1.82) is 0 Å². The van der Waals surface area contributed by atoms with Gasteiger partial charge in [-0.05, 0) is 86.4 Å². The van der Waals surface area contributed by atoms with Gasteiger partial charge in [0, 0.05) is 65.3 Å². The number of fused-ring (bicyclic) bond motifs is 11. The van der Waals surface area contributed by atoms with Crippen LogP contribution < -0.4 is 18.9 Å². The number of rotatable bonds is 48. The molecule has 2 aliphatic carbocycles. The largest absolute Gasteiger partial charge is 0.493 e. The van der Waals surface area contributed by atoms with Gasteiger partial charge in [-0.25, -0.2) is 0 Å². The summed E-state index contributed by atoms with van der Waals surface area (Å²) in [5.41, 5.74) is 1.17. The monoisotopic (exact) mass is 1170 g/mol. The number of ketones is 4. The first-order valence-corrected chi connectivity index (χ1v) is 35.4. The highest BCUT2D eigenvalue weighted by Gasteiger charge is 2.32. The fourth-order valence-electron chi connectivity index (χ4n) is 13.3. The molecule has 0 radical (unpaired) electrons. The third-order valence-corrected chi connectivity index (χ3v) is 18.3. The Hall–Kier alpha value is -5.50. The van der Waals surface area contributed by atoms with Gasteiger partial charge >= 0.3 is 0 Å². The van der Waals surface area contributed by atoms with Crippen LogP contribution in [0.4, 0.5) is 0 Å². The number of ether oxygens (including phenoxy) is 4. The number of hydrogen-bond acceptors (Lipinski definition) is 8. The van der Waals surface area contributed by atoms with Gasteiger partial charge in [-0.1, -0.05) is 259 Å². The summed E-state index contributed by atoms with van der Waals surface area (Å²) in [5.74, 6) is 1.14. The topological polar surface area (TPSA) is 105 Å². The summed E-state index contributed by atoms with van der Waals surface area (Å²) >= 11 is 0. The lowest BCUT2D eigenvalue weighted by molar-refractivity contribution is 0.0995. The molecule has 470 valence electrons. The number of carbonyl (C=O) groups is 4. The number of unbranched alkanes of at least 4 members (excludes halogenated alkanes) is 36. The van der Waals surface area contributed by atoms with Crippen LogP contribution in [0.15, 0.2) is 60.7 Å². The maximum Gasteiger partial charge on any atom is 0.187 e. The molecule has 8 nitrogen and oxygen atoms in total. The molecular formula is C78H110O8. The lowest BCUT2D eigenvalue weighted by atomic mass is 9.82. The Labute approximate surface area is 518 Å². The average molecular weight is 1180 g/mol. The van der Waals surface area contributed by atoms with Crippen LogP contribution in [0.3, 0.4) is 0 Å². The van der Waals surface area contributed by atoms with Gasteiger partial charge in [-0.3, -0.25) is 19.2 Å². The predicted octanol–water partition coefficient (Wildman–Crippen LogP) is 23.4. The molecule has 0 bridgehead atoms. The second kappa shape index (κ2) is 38.7. The van der Waals surface area contributed by atoms with E-state index in [1.165, 1.54) is 204 Å². The summed E-state index contributed by atoms with van der Waals surface area (Å²) in [6, 6.07) is 11.7. The third kappa shape index (κ3) is 19.8. The van der Waals surface area contributed by atoms with Gasteiger partial charge in [0.1, 0.15) is 11.5 Å². The summed E-state index contributed by atoms with van der Waals surface area (Å²) in [6.07, 6.45) is 53.4. The van der Waals surface area contributed by atoms with E-state index >= 15 is 0 Å². The Balaban J connectivity index is 1.34. The van der Waals surface area contributed by atoms with Crippen molar-refractivity contribution < 1.29 is 38.1 Å². The van der Waals surface area contributed by atoms with Crippen molar-refractivity contribution in [1.82, 2.24) is 0 Å². The van der Waals surface area contributed by atoms with Crippen molar-refractivity contribution in [3.05, 3.63) is 83.0 Å². The molecule has 0 saturated heterocycles. The maximum atomic E-state index is 14.7. The number of hydrogen-bond donors (Lipinski definition) is 0. The van der Waals surface area contributed by atoms with Crippen LogP contribution in [0.1, 0.15) is 326 Å². The lowest BCUT2D eigenvalue weighted by Crippen LogP contribution is -2.14. The van der Waals surface area contributed by atoms with Crippen molar-refractivity contribution in [2.24, 2.45) is 0 Å². The SMILES string of the molecule is CCCCCCCCCCCCOc1cc2c(c3c1ccc1c(OCCCCCCCCCCCC)c(OCCCCCCCCCCCC)c4ccc5c(OCCCCCCCCCCCC)cc6c(c5c4c13)C(=O)C=CC6=O)C(=O)C=CC2=O. The number of allylic oxidation sites excluding steroid dienone is 4. The molecule has 0 aromatic heterocycles. The molecule has 0 unspecified atom stereocenters. The molecular weight excluding hydrogens is 1060 g/mol. The Morgan fingerprint density at radius 1 is 0.256 bits per heavy atom. The van der Waals surface area contributed by atoms with Crippen molar-refractivity contribution >= 4 is 66.2 Å². The van der Waals surface area contributed by atoms with Gasteiger partial charge in [0.2, 0.25) is 0 Å². The molecule has 0 spiro atoms. The first-order valence-electron chi connectivity index (χ1n) is 35.4. The zero-order valence-corrected chi connectivity index (χ0v) is 54.2. The third-order valence-electron chi connectivity index (χ3n) is 18.3. The van der Waals surface area contributed by atoms with E-state index in [2.05, 4.69) is 39.8 Å². The molecule has 0 atom stereocenters. The molecule has 0 amide bonds. The van der Waals surface area contributed by atoms with E-state index in [-0.39, 0.29) is 34.3 Å². The van der Waals surface area contributed by atoms with E-state index in [0.717, 1.165) is 77.0 Å². The number of benzene rings is 5. The quantitative estimate of drug-likeness (QED) is 0.0280. The zero-order valence-electron chi connectivity index (χ0n) is 54.2. The number of carbonyl (C=O) groups excluding carboxylic acids is 4. The van der Waals surface area contributed by atoms with Crippen molar-refractivity contribution in [2.45, 2.75) is 285 Å². The minimum Gasteiger partial charge on any atom is -0.493 e. The predicted molar refractivity (Wildman–Crippen MR) is 361 cm³/mol. The van der Waals surface area contributed by atoms with Gasteiger partial charge in [0.25, 0.3) is 0 Å². The standard InChI is InChI=1S/C78H110O8/c1-5-9-13-17-21-25-29-33-37-41-53-83-69-57-63-65(79)49-51-67(81)71(63)73-59(69)45-47-61-75(73)76-62(78(86-56-44-40-36-32-28-24-20-16-12-8-4)77(61)85-55-43-39-35-31-27-23-19-15-11-7-3)48-46-60-70(58-64-66(80)50-52-68(82)72(64)74(60)76)84-54-42-38-34-30-26-22-18-14-10-6-2/h45-52,57-58H,5-44,53-56H2,1-4H3. The fourth-order valence-corrected chi connectivity index (χ4v) is 13.3. The van der Waals surface area contributed by atoms with Crippen LogP contribution in [-0.2, 0) is 0 Å². The molecule has 7 rings (SSSR count).